The Kier molecular flexibility index (Phi) is 2.07. The Morgan fingerprint density at radius 2 is 2.20 bits per heavy atom. The fraction of sp³-hybridized carbons (Fsp3) is 0.143. The van der Waals surface area contributed by atoms with Crippen molar-refractivity contribution < 1.29 is 9.41 Å². The Bertz CT molecular complexity index is 237. The number of aryl methyl sites for hydroxylation is 1. The lowest BCUT2D eigenvalue weighted by atomic mass is 9.87. The van der Waals surface area contributed by atoms with E-state index in [0.717, 1.165) is 13.0 Å². The zero-order valence-corrected chi connectivity index (χ0v) is 5.63. The second-order valence-corrected chi connectivity index (χ2v) is 2.15. The molecule has 51 valence electrons. The van der Waals surface area contributed by atoms with Gasteiger partial charge in [-0.15, -0.1) is 0 Å². The van der Waals surface area contributed by atoms with Gasteiger partial charge >= 0.3 is 7.48 Å². The fourth-order valence-corrected chi connectivity index (χ4v) is 0.762. The predicted molar refractivity (Wildman–Crippen MR) is 38.7 cm³/mol. The first kappa shape index (κ1) is 7.28. The summed E-state index contributed by atoms with van der Waals surface area (Å²) in [7, 11) is 0.766. The van der Waals surface area contributed by atoms with Crippen LogP contribution in [0.15, 0.2) is 18.2 Å². The Balaban J connectivity index is 3.09. The van der Waals surface area contributed by atoms with E-state index < -0.39 is 5.82 Å². The lowest BCUT2D eigenvalue weighted by Gasteiger charge is -1.97. The molecule has 0 fully saturated rings. The lowest BCUT2D eigenvalue weighted by Crippen LogP contribution is -2.17. The van der Waals surface area contributed by atoms with E-state index in [1.807, 2.05) is 6.92 Å². The summed E-state index contributed by atoms with van der Waals surface area (Å²) in [5.41, 5.74) is 1.17. The van der Waals surface area contributed by atoms with Gasteiger partial charge in [-0.3, -0.25) is 0 Å². The monoisotopic (exact) mass is 137 g/mol. The van der Waals surface area contributed by atoms with Gasteiger partial charge in [0, 0.05) is 0 Å². The maximum Gasteiger partial charge on any atom is 0.329 e. The molecular formula is C7H7BFO. The smallest absolute Gasteiger partial charge is 0.329 e. The van der Waals surface area contributed by atoms with E-state index in [2.05, 4.69) is 0 Å². The molecule has 0 spiro atoms. The van der Waals surface area contributed by atoms with Gasteiger partial charge < -0.3 is 5.02 Å². The van der Waals surface area contributed by atoms with Crippen molar-refractivity contribution in [2.24, 2.45) is 0 Å². The van der Waals surface area contributed by atoms with Crippen molar-refractivity contribution in [1.29, 1.82) is 0 Å². The molecule has 3 heteroatoms. The van der Waals surface area contributed by atoms with Gasteiger partial charge in [-0.25, -0.2) is 4.39 Å². The van der Waals surface area contributed by atoms with Crippen LogP contribution in [-0.2, 0) is 0 Å². The Hall–Kier alpha value is -0.825. The molecular weight excluding hydrogens is 130 g/mol. The summed E-state index contributed by atoms with van der Waals surface area (Å²) in [6, 6.07) is 4.56. The zero-order valence-electron chi connectivity index (χ0n) is 5.63. The van der Waals surface area contributed by atoms with E-state index in [9.17, 15) is 4.39 Å². The minimum atomic E-state index is -0.395. The molecule has 1 N–H and O–H groups in total. The summed E-state index contributed by atoms with van der Waals surface area (Å²) in [6.45, 7) is 1.84. The normalized spacial score (nSPS) is 9.50. The molecule has 1 nitrogen and oxygen atoms in total. The highest BCUT2D eigenvalue weighted by molar-refractivity contribution is 6.45. The van der Waals surface area contributed by atoms with Crippen LogP contribution in [0.4, 0.5) is 4.39 Å². The fourth-order valence-electron chi connectivity index (χ4n) is 0.762. The molecule has 1 aromatic rings. The van der Waals surface area contributed by atoms with E-state index >= 15 is 0 Å². The Morgan fingerprint density at radius 1 is 1.50 bits per heavy atom. The molecule has 0 atom stereocenters. The summed E-state index contributed by atoms with van der Waals surface area (Å²) < 4.78 is 12.6. The van der Waals surface area contributed by atoms with Crippen LogP contribution >= 0.6 is 0 Å². The van der Waals surface area contributed by atoms with Crippen molar-refractivity contribution in [3.8, 4) is 0 Å². The third kappa shape index (κ3) is 1.36. The zero-order chi connectivity index (χ0) is 7.56. The summed E-state index contributed by atoms with van der Waals surface area (Å²) in [5.74, 6) is -0.395. The van der Waals surface area contributed by atoms with Crippen LogP contribution in [0.5, 0.6) is 0 Å². The molecule has 0 aliphatic carbocycles. The van der Waals surface area contributed by atoms with Crippen LogP contribution in [0, 0.1) is 12.7 Å². The van der Waals surface area contributed by atoms with Crippen LogP contribution in [0.2, 0.25) is 0 Å². The average Bonchev–Trinajstić information content (AvgIpc) is 1.94. The lowest BCUT2D eigenvalue weighted by molar-refractivity contribution is 0.602. The number of benzene rings is 1. The number of halogens is 1. The van der Waals surface area contributed by atoms with Gasteiger partial charge in [0.05, 0.1) is 0 Å². The molecule has 0 aromatic heterocycles. The quantitative estimate of drug-likeness (QED) is 0.554. The SMILES string of the molecule is Cc1ccc(F)c([B]O)c1. The van der Waals surface area contributed by atoms with Gasteiger partial charge in [0.25, 0.3) is 0 Å². The third-order valence-electron chi connectivity index (χ3n) is 1.29. The first-order valence-electron chi connectivity index (χ1n) is 2.97. The van der Waals surface area contributed by atoms with E-state index in [4.69, 9.17) is 5.02 Å². The van der Waals surface area contributed by atoms with E-state index in [1.54, 1.807) is 12.1 Å². The molecule has 0 saturated carbocycles. The molecule has 0 saturated heterocycles. The van der Waals surface area contributed by atoms with E-state index in [1.165, 1.54) is 6.07 Å². The standard InChI is InChI=1S/C7H7BFO/c1-5-2-3-7(9)6(4-5)8-10/h2-4,10H,1H3. The highest BCUT2D eigenvalue weighted by Gasteiger charge is 2.00. The van der Waals surface area contributed by atoms with Gasteiger partial charge in [-0.2, -0.15) is 0 Å². The first-order valence-corrected chi connectivity index (χ1v) is 2.97. The minimum absolute atomic E-state index is 0.236. The largest absolute Gasteiger partial charge is 0.450 e. The van der Waals surface area contributed by atoms with Crippen molar-refractivity contribution in [2.75, 3.05) is 0 Å². The molecule has 1 rings (SSSR count). The summed E-state index contributed by atoms with van der Waals surface area (Å²) >= 11 is 0. The van der Waals surface area contributed by atoms with Crippen LogP contribution in [-0.4, -0.2) is 12.5 Å². The summed E-state index contributed by atoms with van der Waals surface area (Å²) in [6.07, 6.45) is 0. The van der Waals surface area contributed by atoms with Crippen molar-refractivity contribution >= 4 is 12.9 Å². The average molecular weight is 137 g/mol. The molecule has 1 radical (unpaired) electrons. The maximum absolute atomic E-state index is 12.6. The van der Waals surface area contributed by atoms with Gasteiger partial charge in [0.15, 0.2) is 0 Å². The molecule has 0 aliphatic rings. The van der Waals surface area contributed by atoms with Crippen molar-refractivity contribution in [3.63, 3.8) is 0 Å². The highest BCUT2D eigenvalue weighted by atomic mass is 19.1. The molecule has 0 bridgehead atoms. The van der Waals surface area contributed by atoms with Crippen molar-refractivity contribution in [1.82, 2.24) is 0 Å². The molecule has 0 heterocycles. The Morgan fingerprint density at radius 3 is 2.70 bits per heavy atom. The molecule has 10 heavy (non-hydrogen) atoms. The van der Waals surface area contributed by atoms with Crippen LogP contribution < -0.4 is 5.46 Å². The maximum atomic E-state index is 12.6. The van der Waals surface area contributed by atoms with Crippen molar-refractivity contribution in [2.45, 2.75) is 6.92 Å². The topological polar surface area (TPSA) is 20.2 Å². The van der Waals surface area contributed by atoms with Crippen LogP contribution in [0.25, 0.3) is 0 Å². The first-order chi connectivity index (χ1) is 4.74. The molecule has 0 unspecified atom stereocenters. The molecule has 1 aromatic carbocycles. The second-order valence-electron chi connectivity index (χ2n) is 2.15. The van der Waals surface area contributed by atoms with Crippen LogP contribution in [0.3, 0.4) is 0 Å². The van der Waals surface area contributed by atoms with E-state index in [-0.39, 0.29) is 5.46 Å². The van der Waals surface area contributed by atoms with Gasteiger partial charge in [0.2, 0.25) is 0 Å². The van der Waals surface area contributed by atoms with Crippen LogP contribution in [0.1, 0.15) is 5.56 Å². The van der Waals surface area contributed by atoms with Gasteiger partial charge in [0.1, 0.15) is 5.82 Å². The number of hydrogen-bond acceptors (Lipinski definition) is 1. The van der Waals surface area contributed by atoms with Gasteiger partial charge in [-0.05, 0) is 18.5 Å². The van der Waals surface area contributed by atoms with Gasteiger partial charge in [-0.1, -0.05) is 17.7 Å². The van der Waals surface area contributed by atoms with Crippen molar-refractivity contribution in [3.05, 3.63) is 29.6 Å². The second kappa shape index (κ2) is 2.84. The molecule has 0 aliphatic heterocycles. The minimum Gasteiger partial charge on any atom is -0.450 e. The Labute approximate surface area is 59.8 Å². The number of hydrogen-bond donors (Lipinski definition) is 1. The summed E-state index contributed by atoms with van der Waals surface area (Å²) in [5, 5.41) is 8.48. The highest BCUT2D eigenvalue weighted by Crippen LogP contribution is 1.97. The summed E-state index contributed by atoms with van der Waals surface area (Å²) in [4.78, 5) is 0. The third-order valence-corrected chi connectivity index (χ3v) is 1.29. The number of rotatable bonds is 1. The molecule has 0 amide bonds. The van der Waals surface area contributed by atoms with E-state index in [0.29, 0.717) is 0 Å². The predicted octanol–water partition coefficient (Wildman–Crippen LogP) is 0.371.